The number of benzene rings is 4. The molecule has 4 rings (SSSR count). The molecule has 0 saturated heterocycles. The Morgan fingerprint density at radius 2 is 1.52 bits per heavy atom. The molecule has 0 radical (unpaired) electrons. The summed E-state index contributed by atoms with van der Waals surface area (Å²) in [6.45, 7) is 7.80. The van der Waals surface area contributed by atoms with Crippen LogP contribution < -0.4 is 0 Å². The van der Waals surface area contributed by atoms with E-state index in [1.54, 1.807) is 13.0 Å². The summed E-state index contributed by atoms with van der Waals surface area (Å²) < 4.78 is 20.8. The normalized spacial score (nSPS) is 11.1. The van der Waals surface area contributed by atoms with Gasteiger partial charge in [0.25, 0.3) is 0 Å². The van der Waals surface area contributed by atoms with Gasteiger partial charge < -0.3 is 9.84 Å². The summed E-state index contributed by atoms with van der Waals surface area (Å²) in [5.41, 5.74) is 6.93. The van der Waals surface area contributed by atoms with E-state index in [0.29, 0.717) is 24.0 Å². The largest absolute Gasteiger partial charge is 0.462 e. The lowest BCUT2D eigenvalue weighted by Gasteiger charge is -2.14. The minimum absolute atomic E-state index is 0.105. The molecule has 4 aromatic carbocycles. The van der Waals surface area contributed by atoms with Crippen LogP contribution in [0.25, 0.3) is 33.0 Å². The summed E-state index contributed by atoms with van der Waals surface area (Å²) in [4.78, 5) is 11.8. The van der Waals surface area contributed by atoms with Crippen LogP contribution in [-0.4, -0.2) is 24.3 Å². The number of ether oxygens (including phenoxy) is 1. The Hall–Kier alpha value is -3.76. The van der Waals surface area contributed by atoms with Crippen molar-refractivity contribution in [2.75, 3.05) is 13.2 Å². The summed E-state index contributed by atoms with van der Waals surface area (Å²) in [6, 6.07) is 24.1. The Morgan fingerprint density at radius 1 is 0.800 bits per heavy atom. The Labute approximate surface area is 237 Å². The predicted octanol–water partition coefficient (Wildman–Crippen LogP) is 8.63. The van der Waals surface area contributed by atoms with Crippen molar-refractivity contribution >= 4 is 16.7 Å². The maximum absolute atomic E-state index is 15.5. The van der Waals surface area contributed by atoms with Gasteiger partial charge in [-0.2, -0.15) is 0 Å². The molecule has 0 atom stereocenters. The number of carbonyl (C=O) groups is 1. The highest BCUT2D eigenvalue weighted by molar-refractivity contribution is 5.88. The van der Waals surface area contributed by atoms with E-state index in [-0.39, 0.29) is 19.0 Å². The predicted molar refractivity (Wildman–Crippen MR) is 163 cm³/mol. The number of halogens is 1. The van der Waals surface area contributed by atoms with Gasteiger partial charge in [-0.05, 0) is 88.9 Å². The van der Waals surface area contributed by atoms with E-state index >= 15 is 4.39 Å². The minimum Gasteiger partial charge on any atom is -0.462 e. The molecule has 0 aliphatic carbocycles. The molecule has 4 aromatic rings. The minimum atomic E-state index is -0.410. The first-order chi connectivity index (χ1) is 19.4. The third-order valence-electron chi connectivity index (χ3n) is 7.35. The lowest BCUT2D eigenvalue weighted by atomic mass is 9.93. The molecule has 1 N–H and O–H groups in total. The molecule has 0 saturated carbocycles. The van der Waals surface area contributed by atoms with Crippen LogP contribution in [-0.2, 0) is 28.8 Å². The highest BCUT2D eigenvalue weighted by Gasteiger charge is 2.12. The number of fused-ring (bicyclic) bond motifs is 1. The zero-order valence-corrected chi connectivity index (χ0v) is 23.6. The average molecular weight is 539 g/mol. The number of hydrogen-bond donors (Lipinski definition) is 1. The molecule has 0 spiro atoms. The van der Waals surface area contributed by atoms with E-state index in [1.807, 2.05) is 36.4 Å². The van der Waals surface area contributed by atoms with Gasteiger partial charge in [-0.3, -0.25) is 0 Å². The van der Waals surface area contributed by atoms with Gasteiger partial charge in [-0.15, -0.1) is 0 Å². The summed E-state index contributed by atoms with van der Waals surface area (Å²) in [7, 11) is 0. The maximum atomic E-state index is 15.5. The van der Waals surface area contributed by atoms with Crippen molar-refractivity contribution in [3.8, 4) is 22.3 Å². The van der Waals surface area contributed by atoms with Gasteiger partial charge in [0.05, 0.1) is 6.61 Å². The first-order valence-corrected chi connectivity index (χ1v) is 14.3. The SMILES string of the molecule is C=C(C)C(=O)OCCc1cc(-c2ccc(-c3ccc4cc(CCCCC)ccc4c3)c(F)c2)ccc1CCCO. The Balaban J connectivity index is 1.56. The molecule has 0 amide bonds. The van der Waals surface area contributed by atoms with Gasteiger partial charge in [0.1, 0.15) is 5.82 Å². The lowest BCUT2D eigenvalue weighted by molar-refractivity contribution is -0.138. The van der Waals surface area contributed by atoms with E-state index in [1.165, 1.54) is 30.2 Å². The van der Waals surface area contributed by atoms with E-state index in [0.717, 1.165) is 46.0 Å². The third kappa shape index (κ3) is 7.45. The van der Waals surface area contributed by atoms with Crippen LogP contribution in [0.4, 0.5) is 4.39 Å². The molecule has 0 unspecified atom stereocenters. The monoisotopic (exact) mass is 538 g/mol. The number of aryl methyl sites for hydroxylation is 2. The van der Waals surface area contributed by atoms with E-state index in [2.05, 4.69) is 43.8 Å². The molecule has 0 heterocycles. The Morgan fingerprint density at radius 3 is 2.27 bits per heavy atom. The number of rotatable bonds is 13. The zero-order valence-electron chi connectivity index (χ0n) is 23.6. The Bertz CT molecular complexity index is 1490. The highest BCUT2D eigenvalue weighted by Crippen LogP contribution is 2.31. The summed E-state index contributed by atoms with van der Waals surface area (Å²) in [5.74, 6) is -0.679. The number of aliphatic hydroxyl groups is 1. The van der Waals surface area contributed by atoms with Crippen molar-refractivity contribution in [2.24, 2.45) is 0 Å². The molecule has 0 aliphatic heterocycles. The van der Waals surface area contributed by atoms with Crippen molar-refractivity contribution < 1.29 is 19.0 Å². The smallest absolute Gasteiger partial charge is 0.333 e. The van der Waals surface area contributed by atoms with Gasteiger partial charge in [-0.25, -0.2) is 9.18 Å². The zero-order chi connectivity index (χ0) is 28.5. The number of carbonyl (C=O) groups excluding carboxylic acids is 1. The van der Waals surface area contributed by atoms with Gasteiger partial charge in [0, 0.05) is 24.2 Å². The first-order valence-electron chi connectivity index (χ1n) is 14.3. The van der Waals surface area contributed by atoms with Gasteiger partial charge in [0.2, 0.25) is 0 Å². The standard InChI is InChI=1S/C36H39FO3/c1-4-5-6-8-26-10-11-29-23-33(15-14-28(29)21-26)34-17-16-31(24-35(34)37)30-13-12-27(9-7-19-38)32(22-30)18-20-40-36(39)25(2)3/h10-17,21-24,38H,2,4-9,18-20H2,1,3H3. The van der Waals surface area contributed by atoms with E-state index < -0.39 is 5.97 Å². The van der Waals surface area contributed by atoms with Crippen molar-refractivity contribution in [2.45, 2.75) is 58.8 Å². The third-order valence-corrected chi connectivity index (χ3v) is 7.35. The van der Waals surface area contributed by atoms with Crippen LogP contribution in [0.1, 0.15) is 56.2 Å². The quantitative estimate of drug-likeness (QED) is 0.105. The highest BCUT2D eigenvalue weighted by atomic mass is 19.1. The summed E-state index contributed by atoms with van der Waals surface area (Å²) in [6.07, 6.45) is 6.64. The molecule has 3 nitrogen and oxygen atoms in total. The van der Waals surface area contributed by atoms with Crippen LogP contribution in [0.2, 0.25) is 0 Å². The van der Waals surface area contributed by atoms with Gasteiger partial charge in [0.15, 0.2) is 0 Å². The van der Waals surface area contributed by atoms with Crippen LogP contribution >= 0.6 is 0 Å². The second-order valence-corrected chi connectivity index (χ2v) is 10.5. The van der Waals surface area contributed by atoms with Crippen LogP contribution in [0, 0.1) is 5.82 Å². The Kier molecular flexibility index (Phi) is 10.3. The summed E-state index contributed by atoms with van der Waals surface area (Å²) >= 11 is 0. The fourth-order valence-electron chi connectivity index (χ4n) is 5.05. The van der Waals surface area contributed by atoms with Gasteiger partial charge in [-0.1, -0.05) is 87.0 Å². The van der Waals surface area contributed by atoms with Crippen molar-refractivity contribution in [1.29, 1.82) is 0 Å². The van der Waals surface area contributed by atoms with Crippen molar-refractivity contribution in [1.82, 2.24) is 0 Å². The van der Waals surface area contributed by atoms with Crippen molar-refractivity contribution in [3.05, 3.63) is 107 Å². The lowest BCUT2D eigenvalue weighted by Crippen LogP contribution is -2.09. The summed E-state index contributed by atoms with van der Waals surface area (Å²) in [5, 5.41) is 11.6. The number of aliphatic hydroxyl groups excluding tert-OH is 1. The molecule has 0 aromatic heterocycles. The van der Waals surface area contributed by atoms with Crippen LogP contribution in [0.5, 0.6) is 0 Å². The molecular weight excluding hydrogens is 499 g/mol. The second-order valence-electron chi connectivity index (χ2n) is 10.5. The van der Waals surface area contributed by atoms with E-state index in [4.69, 9.17) is 4.74 Å². The topological polar surface area (TPSA) is 46.5 Å². The fraction of sp³-hybridized carbons (Fsp3) is 0.306. The second kappa shape index (κ2) is 14.0. The number of esters is 1. The average Bonchev–Trinajstić information content (AvgIpc) is 2.96. The molecule has 0 aliphatic rings. The first kappa shape index (κ1) is 29.2. The molecule has 40 heavy (non-hydrogen) atoms. The molecule has 208 valence electrons. The molecule has 0 fully saturated rings. The molecule has 4 heteroatoms. The molecule has 0 bridgehead atoms. The molecular formula is C36H39FO3. The van der Waals surface area contributed by atoms with Gasteiger partial charge >= 0.3 is 5.97 Å². The fourth-order valence-corrected chi connectivity index (χ4v) is 5.05. The number of hydrogen-bond acceptors (Lipinski definition) is 3. The van der Waals surface area contributed by atoms with Crippen LogP contribution in [0.15, 0.2) is 84.9 Å². The number of unbranched alkanes of at least 4 members (excludes halogenated alkanes) is 2. The van der Waals surface area contributed by atoms with Crippen molar-refractivity contribution in [3.63, 3.8) is 0 Å². The van der Waals surface area contributed by atoms with E-state index in [9.17, 15) is 9.90 Å². The maximum Gasteiger partial charge on any atom is 0.333 e. The van der Waals surface area contributed by atoms with Crippen LogP contribution in [0.3, 0.4) is 0 Å².